The van der Waals surface area contributed by atoms with E-state index >= 15 is 0 Å². The quantitative estimate of drug-likeness (QED) is 0.685. The number of carbonyl (C=O) groups is 2. The van der Waals surface area contributed by atoms with Crippen LogP contribution >= 0.6 is 0 Å². The van der Waals surface area contributed by atoms with E-state index in [2.05, 4.69) is 10.6 Å². The maximum absolute atomic E-state index is 12.0. The fraction of sp³-hybridized carbons (Fsp3) is 0.875. The molecule has 6 nitrogen and oxygen atoms in total. The number of amides is 2. The van der Waals surface area contributed by atoms with Crippen LogP contribution in [-0.4, -0.2) is 44.8 Å². The molecule has 0 bridgehead atoms. The first kappa shape index (κ1) is 19.9. The summed E-state index contributed by atoms with van der Waals surface area (Å²) < 4.78 is 23.8. The predicted octanol–water partition coefficient (Wildman–Crippen LogP) is 0.972. The zero-order chi connectivity index (χ0) is 17.6. The summed E-state index contributed by atoms with van der Waals surface area (Å²) in [5, 5.41) is 5.63. The summed E-state index contributed by atoms with van der Waals surface area (Å²) in [7, 11) is -3.16. The van der Waals surface area contributed by atoms with E-state index in [0.29, 0.717) is 24.9 Å². The summed E-state index contributed by atoms with van der Waals surface area (Å²) in [6.45, 7) is 9.17. The lowest BCUT2D eigenvalue weighted by Gasteiger charge is -2.18. The van der Waals surface area contributed by atoms with Crippen molar-refractivity contribution in [2.75, 3.05) is 24.6 Å². The SMILES string of the molecule is CC(C)CNC(=O)CC1CS(=O)(=O)CC1CC(=O)NCC(C)C. The number of rotatable bonds is 8. The lowest BCUT2D eigenvalue weighted by Crippen LogP contribution is -2.33. The number of sulfone groups is 1. The van der Waals surface area contributed by atoms with Gasteiger partial charge >= 0.3 is 0 Å². The molecule has 2 N–H and O–H groups in total. The predicted molar refractivity (Wildman–Crippen MR) is 90.6 cm³/mol. The highest BCUT2D eigenvalue weighted by Crippen LogP contribution is 2.30. The molecule has 23 heavy (non-hydrogen) atoms. The van der Waals surface area contributed by atoms with Crippen LogP contribution in [0.4, 0.5) is 0 Å². The van der Waals surface area contributed by atoms with Gasteiger partial charge in [0.05, 0.1) is 11.5 Å². The van der Waals surface area contributed by atoms with Crippen molar-refractivity contribution in [3.8, 4) is 0 Å². The third-order valence-corrected chi connectivity index (χ3v) is 5.78. The fourth-order valence-electron chi connectivity index (χ4n) is 2.70. The van der Waals surface area contributed by atoms with Gasteiger partial charge in [0.25, 0.3) is 0 Å². The summed E-state index contributed by atoms with van der Waals surface area (Å²) in [5.41, 5.74) is 0. The molecule has 134 valence electrons. The van der Waals surface area contributed by atoms with Crippen LogP contribution in [0.2, 0.25) is 0 Å². The molecule has 1 fully saturated rings. The van der Waals surface area contributed by atoms with Crippen molar-refractivity contribution in [2.45, 2.75) is 40.5 Å². The van der Waals surface area contributed by atoms with Gasteiger partial charge in [0.2, 0.25) is 11.8 Å². The van der Waals surface area contributed by atoms with Crippen LogP contribution in [0, 0.1) is 23.7 Å². The van der Waals surface area contributed by atoms with E-state index < -0.39 is 9.84 Å². The highest BCUT2D eigenvalue weighted by molar-refractivity contribution is 7.91. The summed E-state index contributed by atoms with van der Waals surface area (Å²) in [5.74, 6) is -0.0857. The molecule has 7 heteroatoms. The van der Waals surface area contributed by atoms with E-state index in [9.17, 15) is 18.0 Å². The monoisotopic (exact) mass is 346 g/mol. The lowest BCUT2D eigenvalue weighted by atomic mass is 9.89. The Bertz CT molecular complexity index is 474. The van der Waals surface area contributed by atoms with Crippen LogP contribution in [0.1, 0.15) is 40.5 Å². The lowest BCUT2D eigenvalue weighted by molar-refractivity contribution is -0.124. The molecule has 2 amide bonds. The van der Waals surface area contributed by atoms with Crippen molar-refractivity contribution in [3.63, 3.8) is 0 Å². The van der Waals surface area contributed by atoms with Gasteiger partial charge in [0.1, 0.15) is 0 Å². The normalized spacial score (nSPS) is 23.2. The summed E-state index contributed by atoms with van der Waals surface area (Å²) in [6.07, 6.45) is 0.349. The molecule has 0 spiro atoms. The first-order chi connectivity index (χ1) is 10.6. The molecule has 0 radical (unpaired) electrons. The van der Waals surface area contributed by atoms with E-state index in [1.165, 1.54) is 0 Å². The molecular formula is C16H30N2O4S. The number of carbonyl (C=O) groups excluding carboxylic acids is 2. The van der Waals surface area contributed by atoms with Crippen molar-refractivity contribution in [1.29, 1.82) is 0 Å². The summed E-state index contributed by atoms with van der Waals surface area (Å²) >= 11 is 0. The van der Waals surface area contributed by atoms with Crippen molar-refractivity contribution in [3.05, 3.63) is 0 Å². The van der Waals surface area contributed by atoms with Gasteiger partial charge in [0, 0.05) is 25.9 Å². The average Bonchev–Trinajstić information content (AvgIpc) is 2.68. The molecule has 2 unspecified atom stereocenters. The van der Waals surface area contributed by atoms with Gasteiger partial charge in [-0.15, -0.1) is 0 Å². The van der Waals surface area contributed by atoms with Gasteiger partial charge in [-0.25, -0.2) is 8.42 Å². The van der Waals surface area contributed by atoms with Crippen molar-refractivity contribution in [1.82, 2.24) is 10.6 Å². The molecule has 0 aliphatic carbocycles. The maximum atomic E-state index is 12.0. The maximum Gasteiger partial charge on any atom is 0.220 e. The second-order valence-corrected chi connectivity index (χ2v) is 9.55. The Kier molecular flexibility index (Phi) is 7.51. The molecule has 0 aromatic heterocycles. The zero-order valence-corrected chi connectivity index (χ0v) is 15.4. The Balaban J connectivity index is 2.57. The standard InChI is InChI=1S/C16H30N2O4S/c1-11(2)7-17-15(19)5-13-9-23(21,22)10-14(13)6-16(20)18-8-12(3)4/h11-14H,5-10H2,1-4H3,(H,17,19)(H,18,20). The van der Waals surface area contributed by atoms with E-state index in [-0.39, 0.29) is 48.0 Å². The van der Waals surface area contributed by atoms with Crippen molar-refractivity contribution < 1.29 is 18.0 Å². The Labute approximate surface area is 139 Å². The molecule has 0 aromatic carbocycles. The molecule has 1 heterocycles. The Morgan fingerprint density at radius 3 is 1.52 bits per heavy atom. The third-order valence-electron chi connectivity index (χ3n) is 3.91. The molecule has 1 aliphatic rings. The zero-order valence-electron chi connectivity index (χ0n) is 14.6. The number of hydrogen-bond acceptors (Lipinski definition) is 4. The van der Waals surface area contributed by atoms with Crippen molar-refractivity contribution in [2.24, 2.45) is 23.7 Å². The minimum atomic E-state index is -3.16. The van der Waals surface area contributed by atoms with E-state index in [0.717, 1.165) is 0 Å². The highest BCUT2D eigenvalue weighted by atomic mass is 32.2. The minimum absolute atomic E-state index is 0.00419. The van der Waals surface area contributed by atoms with E-state index in [1.807, 2.05) is 27.7 Å². The highest BCUT2D eigenvalue weighted by Gasteiger charge is 2.39. The molecule has 0 saturated carbocycles. The minimum Gasteiger partial charge on any atom is -0.356 e. The molecule has 1 rings (SSSR count). The van der Waals surface area contributed by atoms with Crippen LogP contribution in [-0.2, 0) is 19.4 Å². The number of hydrogen-bond donors (Lipinski definition) is 2. The average molecular weight is 346 g/mol. The van der Waals surface area contributed by atoms with Crippen LogP contribution in [0.15, 0.2) is 0 Å². The molecule has 1 saturated heterocycles. The molecule has 2 atom stereocenters. The fourth-order valence-corrected chi connectivity index (χ4v) is 4.92. The second-order valence-electron chi connectivity index (χ2n) is 7.40. The van der Waals surface area contributed by atoms with E-state index in [1.54, 1.807) is 0 Å². The van der Waals surface area contributed by atoms with Crippen LogP contribution in [0.25, 0.3) is 0 Å². The van der Waals surface area contributed by atoms with Gasteiger partial charge in [-0.3, -0.25) is 9.59 Å². The Morgan fingerprint density at radius 1 is 0.870 bits per heavy atom. The van der Waals surface area contributed by atoms with Gasteiger partial charge in [-0.1, -0.05) is 27.7 Å². The summed E-state index contributed by atoms with van der Waals surface area (Å²) in [4.78, 5) is 23.9. The third kappa shape index (κ3) is 7.81. The Morgan fingerprint density at radius 2 is 1.22 bits per heavy atom. The largest absolute Gasteiger partial charge is 0.356 e. The Hall–Kier alpha value is -1.11. The van der Waals surface area contributed by atoms with Gasteiger partial charge in [-0.05, 0) is 23.7 Å². The van der Waals surface area contributed by atoms with Gasteiger partial charge in [0.15, 0.2) is 9.84 Å². The van der Waals surface area contributed by atoms with Crippen LogP contribution < -0.4 is 10.6 Å². The van der Waals surface area contributed by atoms with E-state index in [4.69, 9.17) is 0 Å². The first-order valence-electron chi connectivity index (χ1n) is 8.33. The summed E-state index contributed by atoms with van der Waals surface area (Å²) in [6, 6.07) is 0. The van der Waals surface area contributed by atoms with Crippen LogP contribution in [0.3, 0.4) is 0 Å². The smallest absolute Gasteiger partial charge is 0.220 e. The van der Waals surface area contributed by atoms with Crippen molar-refractivity contribution >= 4 is 21.7 Å². The topological polar surface area (TPSA) is 92.3 Å². The molecule has 0 aromatic rings. The van der Waals surface area contributed by atoms with Crippen LogP contribution in [0.5, 0.6) is 0 Å². The first-order valence-corrected chi connectivity index (χ1v) is 10.1. The van der Waals surface area contributed by atoms with Gasteiger partial charge in [-0.2, -0.15) is 0 Å². The molecule has 1 aliphatic heterocycles. The molecular weight excluding hydrogens is 316 g/mol. The van der Waals surface area contributed by atoms with Gasteiger partial charge < -0.3 is 10.6 Å². The second kappa shape index (κ2) is 8.66. The number of nitrogens with one attached hydrogen (secondary N) is 2.